The summed E-state index contributed by atoms with van der Waals surface area (Å²) in [4.78, 5) is 32.2. The first-order valence-electron chi connectivity index (χ1n) is 11.8. The molecule has 2 aromatic heterocycles. The molecule has 34 heavy (non-hydrogen) atoms. The van der Waals surface area contributed by atoms with Crippen molar-refractivity contribution in [3.05, 3.63) is 102 Å². The van der Waals surface area contributed by atoms with Gasteiger partial charge in [-0.15, -0.1) is 0 Å². The number of aromatic nitrogens is 2. The van der Waals surface area contributed by atoms with Crippen molar-refractivity contribution in [2.45, 2.75) is 25.9 Å². The molecule has 1 aliphatic rings. The first-order valence-corrected chi connectivity index (χ1v) is 11.8. The summed E-state index contributed by atoms with van der Waals surface area (Å²) in [7, 11) is 0. The van der Waals surface area contributed by atoms with Crippen LogP contribution in [0.4, 0.5) is 0 Å². The number of para-hydroxylation sites is 1. The number of amides is 2. The third kappa shape index (κ3) is 4.71. The van der Waals surface area contributed by atoms with Crippen LogP contribution in [0.15, 0.2) is 85.2 Å². The fourth-order valence-electron chi connectivity index (χ4n) is 4.67. The molecule has 1 N–H and O–H groups in total. The van der Waals surface area contributed by atoms with Crippen molar-refractivity contribution in [3.8, 4) is 0 Å². The van der Waals surface area contributed by atoms with Gasteiger partial charge in [-0.3, -0.25) is 14.6 Å². The van der Waals surface area contributed by atoms with Crippen LogP contribution in [0.2, 0.25) is 0 Å². The molecule has 2 aromatic carbocycles. The molecule has 1 saturated heterocycles. The first kappa shape index (κ1) is 21.9. The Kier molecular flexibility index (Phi) is 6.38. The summed E-state index contributed by atoms with van der Waals surface area (Å²) in [5.74, 6) is 0.00592. The number of piperidine rings is 1. The molecule has 5 rings (SSSR count). The number of benzene rings is 2. The van der Waals surface area contributed by atoms with Crippen LogP contribution in [-0.2, 0) is 17.9 Å². The maximum absolute atomic E-state index is 13.6. The Labute approximate surface area is 199 Å². The average Bonchev–Trinajstić information content (AvgIpc) is 3.26. The van der Waals surface area contributed by atoms with E-state index in [4.69, 9.17) is 0 Å². The summed E-state index contributed by atoms with van der Waals surface area (Å²) < 4.78 is 2.11. The average molecular weight is 453 g/mol. The van der Waals surface area contributed by atoms with Crippen molar-refractivity contribution in [1.82, 2.24) is 19.8 Å². The molecule has 0 radical (unpaired) electrons. The molecule has 6 nitrogen and oxygen atoms in total. The monoisotopic (exact) mass is 452 g/mol. The fraction of sp³-hybridized carbons (Fsp3) is 0.250. The molecule has 0 bridgehead atoms. The molecule has 0 atom stereocenters. The van der Waals surface area contributed by atoms with Crippen LogP contribution in [0.5, 0.6) is 0 Å². The van der Waals surface area contributed by atoms with Gasteiger partial charge in [0.15, 0.2) is 0 Å². The summed E-state index contributed by atoms with van der Waals surface area (Å²) in [6.07, 6.45) is 4.82. The van der Waals surface area contributed by atoms with Crippen molar-refractivity contribution in [2.75, 3.05) is 13.1 Å². The summed E-state index contributed by atoms with van der Waals surface area (Å²) in [5.41, 5.74) is 3.89. The normalized spacial score (nSPS) is 14.3. The smallest absolute Gasteiger partial charge is 0.270 e. The number of hydrogen-bond donors (Lipinski definition) is 1. The molecular formula is C28H28N4O2. The van der Waals surface area contributed by atoms with E-state index in [9.17, 15) is 9.59 Å². The lowest BCUT2D eigenvalue weighted by atomic mass is 9.95. The van der Waals surface area contributed by atoms with Gasteiger partial charge in [-0.05, 0) is 42.2 Å². The van der Waals surface area contributed by atoms with Crippen LogP contribution in [-0.4, -0.2) is 39.4 Å². The van der Waals surface area contributed by atoms with Crippen molar-refractivity contribution >= 4 is 22.7 Å². The molecule has 2 amide bonds. The Morgan fingerprint density at radius 1 is 0.912 bits per heavy atom. The van der Waals surface area contributed by atoms with Gasteiger partial charge in [-0.2, -0.15) is 0 Å². The number of rotatable bonds is 6. The van der Waals surface area contributed by atoms with E-state index in [0.29, 0.717) is 44.7 Å². The van der Waals surface area contributed by atoms with Crippen LogP contribution in [0.25, 0.3) is 10.9 Å². The maximum Gasteiger partial charge on any atom is 0.270 e. The van der Waals surface area contributed by atoms with Crippen molar-refractivity contribution in [3.63, 3.8) is 0 Å². The lowest BCUT2D eigenvalue weighted by molar-refractivity contribution is -0.126. The lowest BCUT2D eigenvalue weighted by Gasteiger charge is -2.31. The van der Waals surface area contributed by atoms with E-state index in [0.717, 1.165) is 22.0 Å². The summed E-state index contributed by atoms with van der Waals surface area (Å²) in [6.45, 7) is 2.28. The Morgan fingerprint density at radius 3 is 2.41 bits per heavy atom. The van der Waals surface area contributed by atoms with E-state index < -0.39 is 0 Å². The maximum atomic E-state index is 13.6. The fourth-order valence-corrected chi connectivity index (χ4v) is 4.67. The zero-order chi connectivity index (χ0) is 23.3. The van der Waals surface area contributed by atoms with Gasteiger partial charge in [-0.1, -0.05) is 54.6 Å². The second-order valence-corrected chi connectivity index (χ2v) is 8.81. The number of likely N-dealkylation sites (tertiary alicyclic amines) is 1. The second-order valence-electron chi connectivity index (χ2n) is 8.81. The SMILES string of the molecule is O=C(NCc1cccnc1)C1CCN(C(=O)c2cc3ccccc3n2Cc2ccccc2)CC1. The molecule has 0 saturated carbocycles. The van der Waals surface area contributed by atoms with Gasteiger partial charge in [0.1, 0.15) is 5.69 Å². The van der Waals surface area contributed by atoms with Crippen LogP contribution in [0, 0.1) is 5.92 Å². The van der Waals surface area contributed by atoms with Gasteiger partial charge in [0.25, 0.3) is 5.91 Å². The van der Waals surface area contributed by atoms with Gasteiger partial charge >= 0.3 is 0 Å². The standard InChI is InChI=1S/C28H28N4O2/c33-27(30-19-22-9-6-14-29-18-22)23-12-15-31(16-13-23)28(34)26-17-24-10-4-5-11-25(24)32(26)20-21-7-2-1-3-8-21/h1-11,14,17-18,23H,12-13,15-16,19-20H2,(H,30,33). The third-order valence-electron chi connectivity index (χ3n) is 6.56. The minimum Gasteiger partial charge on any atom is -0.352 e. The van der Waals surface area contributed by atoms with E-state index in [1.54, 1.807) is 12.4 Å². The van der Waals surface area contributed by atoms with Crippen molar-refractivity contribution in [2.24, 2.45) is 5.92 Å². The van der Waals surface area contributed by atoms with Gasteiger partial charge in [0, 0.05) is 55.4 Å². The Bertz CT molecular complexity index is 1280. The predicted molar refractivity (Wildman–Crippen MR) is 132 cm³/mol. The lowest BCUT2D eigenvalue weighted by Crippen LogP contribution is -2.43. The number of pyridine rings is 1. The molecule has 6 heteroatoms. The van der Waals surface area contributed by atoms with E-state index in [1.165, 1.54) is 0 Å². The Morgan fingerprint density at radius 2 is 1.65 bits per heavy atom. The quantitative estimate of drug-likeness (QED) is 0.476. The third-order valence-corrected chi connectivity index (χ3v) is 6.56. The summed E-state index contributed by atoms with van der Waals surface area (Å²) >= 11 is 0. The number of nitrogens with one attached hydrogen (secondary N) is 1. The first-order chi connectivity index (χ1) is 16.7. The molecule has 0 unspecified atom stereocenters. The van der Waals surface area contributed by atoms with E-state index >= 15 is 0 Å². The van der Waals surface area contributed by atoms with E-state index in [2.05, 4.69) is 33.1 Å². The molecule has 1 fully saturated rings. The number of hydrogen-bond acceptors (Lipinski definition) is 3. The largest absolute Gasteiger partial charge is 0.352 e. The van der Waals surface area contributed by atoms with Gasteiger partial charge < -0.3 is 14.8 Å². The number of carbonyl (C=O) groups excluding carboxylic acids is 2. The highest BCUT2D eigenvalue weighted by atomic mass is 16.2. The van der Waals surface area contributed by atoms with Crippen LogP contribution in [0.3, 0.4) is 0 Å². The molecule has 1 aliphatic heterocycles. The highest BCUT2D eigenvalue weighted by molar-refractivity contribution is 5.99. The van der Waals surface area contributed by atoms with Gasteiger partial charge in [-0.25, -0.2) is 0 Å². The number of fused-ring (bicyclic) bond motifs is 1. The molecule has 4 aromatic rings. The topological polar surface area (TPSA) is 67.2 Å². The highest BCUT2D eigenvalue weighted by Gasteiger charge is 2.29. The van der Waals surface area contributed by atoms with E-state index in [1.807, 2.05) is 59.5 Å². The Hall–Kier alpha value is -3.93. The van der Waals surface area contributed by atoms with Crippen molar-refractivity contribution < 1.29 is 9.59 Å². The number of nitrogens with zero attached hydrogens (tertiary/aromatic N) is 3. The van der Waals surface area contributed by atoms with Crippen LogP contribution in [0.1, 0.15) is 34.5 Å². The predicted octanol–water partition coefficient (Wildman–Crippen LogP) is 4.25. The van der Waals surface area contributed by atoms with Crippen molar-refractivity contribution in [1.29, 1.82) is 0 Å². The van der Waals surface area contributed by atoms with Gasteiger partial charge in [0.05, 0.1) is 0 Å². The zero-order valence-corrected chi connectivity index (χ0v) is 19.1. The van der Waals surface area contributed by atoms with Crippen LogP contribution < -0.4 is 5.32 Å². The molecular weight excluding hydrogens is 424 g/mol. The molecule has 172 valence electrons. The Balaban J connectivity index is 1.27. The number of carbonyl (C=O) groups is 2. The van der Waals surface area contributed by atoms with E-state index in [-0.39, 0.29) is 17.7 Å². The summed E-state index contributed by atoms with van der Waals surface area (Å²) in [5, 5.41) is 4.07. The molecule has 0 aliphatic carbocycles. The minimum absolute atomic E-state index is 0.0290. The minimum atomic E-state index is -0.0732. The van der Waals surface area contributed by atoms with Gasteiger partial charge in [0.2, 0.25) is 5.91 Å². The molecule has 3 heterocycles. The van der Waals surface area contributed by atoms with Crippen LogP contribution >= 0.6 is 0 Å². The highest BCUT2D eigenvalue weighted by Crippen LogP contribution is 2.25. The molecule has 0 spiro atoms. The second kappa shape index (κ2) is 9.91. The zero-order valence-electron chi connectivity index (χ0n) is 19.1. The summed E-state index contributed by atoms with van der Waals surface area (Å²) in [6, 6.07) is 24.1.